The van der Waals surface area contributed by atoms with Gasteiger partial charge < -0.3 is 24.8 Å². The summed E-state index contributed by atoms with van der Waals surface area (Å²) >= 11 is 0. The zero-order valence-electron chi connectivity index (χ0n) is 19.8. The van der Waals surface area contributed by atoms with Crippen molar-refractivity contribution in [3.8, 4) is 17.6 Å². The molecule has 2 aromatic heterocycles. The van der Waals surface area contributed by atoms with Crippen molar-refractivity contribution in [2.45, 2.75) is 38.8 Å². The van der Waals surface area contributed by atoms with E-state index in [9.17, 15) is 14.7 Å². The number of carbonyl (C=O) groups is 2. The monoisotopic (exact) mass is 480 g/mol. The molecule has 0 spiro atoms. The van der Waals surface area contributed by atoms with E-state index in [-0.39, 0.29) is 23.6 Å². The summed E-state index contributed by atoms with van der Waals surface area (Å²) in [6, 6.07) is 9.52. The number of hydrogen-bond donors (Lipinski definition) is 2. The minimum absolute atomic E-state index is 0.0985. The van der Waals surface area contributed by atoms with E-state index in [1.165, 1.54) is 7.11 Å². The van der Waals surface area contributed by atoms with Crippen molar-refractivity contribution >= 4 is 22.8 Å². The number of likely N-dealkylation sites (tertiary alicyclic amines) is 1. The number of hydrogen-bond acceptors (Lipinski definition) is 9. The van der Waals surface area contributed by atoms with Gasteiger partial charge in [-0.1, -0.05) is 26.0 Å². The van der Waals surface area contributed by atoms with Crippen LogP contribution in [0.1, 0.15) is 37.2 Å². The third-order valence-corrected chi connectivity index (χ3v) is 5.85. The Balaban J connectivity index is 1.38. The maximum absolute atomic E-state index is 13.3. The van der Waals surface area contributed by atoms with Gasteiger partial charge in [0.2, 0.25) is 23.5 Å². The molecule has 0 radical (unpaired) electrons. The quantitative estimate of drug-likeness (QED) is 0.519. The number of ether oxygens (including phenoxy) is 2. The Hall–Kier alpha value is -4.02. The summed E-state index contributed by atoms with van der Waals surface area (Å²) < 4.78 is 10.9. The van der Waals surface area contributed by atoms with Gasteiger partial charge in [-0.3, -0.25) is 9.59 Å². The van der Waals surface area contributed by atoms with Crippen molar-refractivity contribution in [1.29, 1.82) is 0 Å². The normalized spacial score (nSPS) is 15.1. The van der Waals surface area contributed by atoms with Crippen LogP contribution in [0.15, 0.2) is 36.4 Å². The number of aromatic nitrogens is 4. The number of carbonyl (C=O) groups excluding carboxylic acids is 2. The molecule has 184 valence electrons. The summed E-state index contributed by atoms with van der Waals surface area (Å²) in [4.78, 5) is 36.2. The van der Waals surface area contributed by atoms with Crippen LogP contribution in [0, 0.1) is 5.92 Å². The first kappa shape index (κ1) is 24.1. The van der Waals surface area contributed by atoms with Gasteiger partial charge in [-0.15, -0.1) is 10.2 Å². The number of methoxy groups -OCH3 is 1. The van der Waals surface area contributed by atoms with Crippen LogP contribution in [0.4, 0.5) is 0 Å². The fourth-order valence-electron chi connectivity index (χ4n) is 3.91. The Labute approximate surface area is 202 Å². The molecule has 0 unspecified atom stereocenters. The summed E-state index contributed by atoms with van der Waals surface area (Å²) in [5.74, 6) is -0.684. The number of benzene rings is 1. The van der Waals surface area contributed by atoms with Crippen molar-refractivity contribution in [2.24, 2.45) is 5.92 Å². The zero-order valence-corrected chi connectivity index (χ0v) is 19.8. The number of nitrogens with one attached hydrogen (secondary N) is 1. The summed E-state index contributed by atoms with van der Waals surface area (Å²) in [6.07, 6.45) is 1.14. The lowest BCUT2D eigenvalue weighted by molar-refractivity contribution is -0.136. The summed E-state index contributed by atoms with van der Waals surface area (Å²) in [5, 5.41) is 20.9. The van der Waals surface area contributed by atoms with E-state index < -0.39 is 17.8 Å². The van der Waals surface area contributed by atoms with E-state index in [1.807, 2.05) is 13.8 Å². The predicted octanol–water partition coefficient (Wildman–Crippen LogP) is 1.96. The molecule has 0 saturated carbocycles. The number of para-hydroxylation sites is 2. The van der Waals surface area contributed by atoms with Crippen molar-refractivity contribution < 1.29 is 24.2 Å². The van der Waals surface area contributed by atoms with E-state index in [0.29, 0.717) is 48.7 Å². The second kappa shape index (κ2) is 10.5. The molecule has 11 heteroatoms. The molecule has 4 rings (SSSR count). The van der Waals surface area contributed by atoms with Crippen LogP contribution < -0.4 is 14.8 Å². The van der Waals surface area contributed by atoms with Crippen LogP contribution in [-0.4, -0.2) is 74.3 Å². The molecule has 11 nitrogen and oxygen atoms in total. The van der Waals surface area contributed by atoms with Gasteiger partial charge in [-0.25, -0.2) is 9.97 Å². The van der Waals surface area contributed by atoms with Gasteiger partial charge >= 0.3 is 0 Å². The lowest BCUT2D eigenvalue weighted by atomic mass is 10.00. The van der Waals surface area contributed by atoms with E-state index in [1.54, 1.807) is 41.3 Å². The molecule has 2 N–H and O–H groups in total. The van der Waals surface area contributed by atoms with Crippen molar-refractivity contribution in [2.75, 3.05) is 20.2 Å². The minimum atomic E-state index is -0.778. The molecule has 3 heterocycles. The van der Waals surface area contributed by atoms with Crippen LogP contribution in [-0.2, 0) is 4.79 Å². The van der Waals surface area contributed by atoms with Gasteiger partial charge in [-0.05, 0) is 18.1 Å². The molecule has 3 aromatic rings. The molecule has 1 aromatic carbocycles. The average Bonchev–Trinajstić information content (AvgIpc) is 2.87. The largest absolute Gasteiger partial charge is 0.492 e. The number of fused-ring (bicyclic) bond motifs is 1. The van der Waals surface area contributed by atoms with Gasteiger partial charge in [0, 0.05) is 38.1 Å². The predicted molar refractivity (Wildman–Crippen MR) is 126 cm³/mol. The summed E-state index contributed by atoms with van der Waals surface area (Å²) in [6.45, 7) is 4.67. The SMILES string of the molecule is COc1ccc(OC2CCN(C(=O)[C@@H](NC(=O)c3nc4ccccc4nc3O)C(C)C)CC2)nn1. The zero-order chi connectivity index (χ0) is 24.9. The molecular weight excluding hydrogens is 452 g/mol. The smallest absolute Gasteiger partial charge is 0.276 e. The molecule has 1 atom stereocenters. The highest BCUT2D eigenvalue weighted by Gasteiger charge is 2.33. The van der Waals surface area contributed by atoms with Crippen molar-refractivity contribution in [3.63, 3.8) is 0 Å². The number of nitrogens with zero attached hydrogens (tertiary/aromatic N) is 5. The van der Waals surface area contributed by atoms with E-state index in [2.05, 4.69) is 25.5 Å². The third kappa shape index (κ3) is 5.56. The standard InChI is InChI=1S/C24H28N6O5/c1-14(2)20(27-23(32)21-22(31)26-17-7-5-4-6-16(17)25-21)24(33)30-12-10-15(11-13-30)35-19-9-8-18(34-3)28-29-19/h4-9,14-15,20H,10-13H2,1-3H3,(H,26,31)(H,27,32)/t20-/m0/s1. The molecule has 35 heavy (non-hydrogen) atoms. The Bertz CT molecular complexity index is 1190. The fourth-order valence-corrected chi connectivity index (χ4v) is 3.91. The topological polar surface area (TPSA) is 140 Å². The summed E-state index contributed by atoms with van der Waals surface area (Å²) in [7, 11) is 1.52. The number of aromatic hydroxyl groups is 1. The lowest BCUT2D eigenvalue weighted by Gasteiger charge is -2.35. The number of piperidine rings is 1. The maximum atomic E-state index is 13.3. The summed E-state index contributed by atoms with van der Waals surface area (Å²) in [5.41, 5.74) is 0.741. The molecule has 0 bridgehead atoms. The highest BCUT2D eigenvalue weighted by atomic mass is 16.5. The lowest BCUT2D eigenvalue weighted by Crippen LogP contribution is -2.53. The second-order valence-electron chi connectivity index (χ2n) is 8.64. The molecular formula is C24H28N6O5. The fraction of sp³-hybridized carbons (Fsp3) is 0.417. The van der Waals surface area contributed by atoms with Crippen molar-refractivity contribution in [1.82, 2.24) is 30.4 Å². The van der Waals surface area contributed by atoms with Crippen LogP contribution in [0.5, 0.6) is 17.6 Å². The Morgan fingerprint density at radius 3 is 2.26 bits per heavy atom. The first-order valence-corrected chi connectivity index (χ1v) is 11.5. The Morgan fingerprint density at radius 1 is 1.03 bits per heavy atom. The first-order valence-electron chi connectivity index (χ1n) is 11.5. The van der Waals surface area contributed by atoms with E-state index >= 15 is 0 Å². The van der Waals surface area contributed by atoms with Crippen molar-refractivity contribution in [3.05, 3.63) is 42.1 Å². The van der Waals surface area contributed by atoms with Crippen LogP contribution in [0.2, 0.25) is 0 Å². The van der Waals surface area contributed by atoms with Gasteiger partial charge in [0.1, 0.15) is 12.1 Å². The van der Waals surface area contributed by atoms with Gasteiger partial charge in [0.25, 0.3) is 5.91 Å². The molecule has 1 saturated heterocycles. The molecule has 2 amide bonds. The minimum Gasteiger partial charge on any atom is -0.492 e. The maximum Gasteiger partial charge on any atom is 0.276 e. The highest BCUT2D eigenvalue weighted by Crippen LogP contribution is 2.21. The Morgan fingerprint density at radius 2 is 1.66 bits per heavy atom. The molecule has 1 fully saturated rings. The van der Waals surface area contributed by atoms with E-state index in [0.717, 1.165) is 0 Å². The second-order valence-corrected chi connectivity index (χ2v) is 8.64. The third-order valence-electron chi connectivity index (χ3n) is 5.85. The average molecular weight is 481 g/mol. The van der Waals surface area contributed by atoms with Crippen LogP contribution >= 0.6 is 0 Å². The first-order chi connectivity index (χ1) is 16.9. The van der Waals surface area contributed by atoms with Crippen LogP contribution in [0.25, 0.3) is 11.0 Å². The molecule has 0 aliphatic carbocycles. The Kier molecular flexibility index (Phi) is 7.23. The van der Waals surface area contributed by atoms with Gasteiger partial charge in [-0.2, -0.15) is 0 Å². The molecule has 1 aliphatic rings. The molecule has 1 aliphatic heterocycles. The highest BCUT2D eigenvalue weighted by molar-refractivity contribution is 5.99. The van der Waals surface area contributed by atoms with Crippen LogP contribution in [0.3, 0.4) is 0 Å². The van der Waals surface area contributed by atoms with Gasteiger partial charge in [0.05, 0.1) is 18.1 Å². The number of amides is 2. The van der Waals surface area contributed by atoms with E-state index in [4.69, 9.17) is 9.47 Å². The van der Waals surface area contributed by atoms with Gasteiger partial charge in [0.15, 0.2) is 5.69 Å². The number of rotatable bonds is 7.